The Morgan fingerprint density at radius 1 is 1.47 bits per heavy atom. The molecule has 0 bridgehead atoms. The summed E-state index contributed by atoms with van der Waals surface area (Å²) in [5.41, 5.74) is 6.61. The number of nitrogens with zero attached hydrogens (tertiary/aromatic N) is 3. The fraction of sp³-hybridized carbons (Fsp3) is 0.500. The number of carboxylic acid groups (broad SMARTS) is 2. The van der Waals surface area contributed by atoms with Crippen LogP contribution in [0.1, 0.15) is 0 Å². The van der Waals surface area contributed by atoms with Crippen LogP contribution in [0.5, 0.6) is 0 Å². The Kier molecular flexibility index (Phi) is 1.74. The first kappa shape index (κ1) is 9.54. The van der Waals surface area contributed by atoms with Crippen LogP contribution >= 0.6 is 0 Å². The molecule has 1 fully saturated rings. The Morgan fingerprint density at radius 2 is 2.13 bits per heavy atom. The zero-order valence-corrected chi connectivity index (χ0v) is 7.44. The van der Waals surface area contributed by atoms with Crippen molar-refractivity contribution in [3.05, 3.63) is 22.6 Å². The van der Waals surface area contributed by atoms with Crippen molar-refractivity contribution in [3.8, 4) is 0 Å². The highest BCUT2D eigenvalue weighted by molar-refractivity contribution is 5.88. The van der Waals surface area contributed by atoms with Gasteiger partial charge in [0.05, 0.1) is 5.92 Å². The quantitative estimate of drug-likeness (QED) is 0.306. The summed E-state index contributed by atoms with van der Waals surface area (Å²) in [6, 6.07) is 0. The number of fused-ring (bicyclic) bond motifs is 1. The lowest BCUT2D eigenvalue weighted by Crippen LogP contribution is -2.36. The van der Waals surface area contributed by atoms with Crippen LogP contribution < -0.4 is 0 Å². The monoisotopic (exact) mass is 209 g/mol. The van der Waals surface area contributed by atoms with Crippen LogP contribution in [0.25, 0.3) is 10.4 Å². The molecule has 7 heteroatoms. The molecular weight excluding hydrogens is 202 g/mol. The molecule has 0 saturated heterocycles. The van der Waals surface area contributed by atoms with E-state index in [1.165, 1.54) is 12.2 Å². The fourth-order valence-electron chi connectivity index (χ4n) is 2.26. The molecule has 2 rings (SSSR count). The van der Waals surface area contributed by atoms with Crippen molar-refractivity contribution in [2.75, 3.05) is 0 Å². The van der Waals surface area contributed by atoms with Gasteiger partial charge in [-0.25, -0.2) is 0 Å². The molecule has 0 amide bonds. The SMILES string of the molecule is [N-]=[N+]=N[C@]1(C(=O)O)C=C[C@H]2[C@H](C(=O)O)[C@H]21. The van der Waals surface area contributed by atoms with Gasteiger partial charge in [-0.1, -0.05) is 17.3 Å². The lowest BCUT2D eigenvalue weighted by atomic mass is 9.95. The highest BCUT2D eigenvalue weighted by Gasteiger charge is 2.68. The molecular formula is C8H7N3O4. The van der Waals surface area contributed by atoms with Crippen molar-refractivity contribution in [2.24, 2.45) is 22.9 Å². The largest absolute Gasteiger partial charge is 0.481 e. The molecule has 0 aromatic rings. The van der Waals surface area contributed by atoms with Crippen molar-refractivity contribution < 1.29 is 19.8 Å². The van der Waals surface area contributed by atoms with E-state index < -0.39 is 29.3 Å². The molecule has 0 aliphatic heterocycles. The molecule has 2 N–H and O–H groups in total. The number of azide groups is 1. The second kappa shape index (κ2) is 2.74. The molecule has 4 atom stereocenters. The number of rotatable bonds is 3. The molecule has 78 valence electrons. The first-order chi connectivity index (χ1) is 7.04. The molecule has 0 aromatic carbocycles. The van der Waals surface area contributed by atoms with Crippen LogP contribution in [-0.2, 0) is 9.59 Å². The minimum atomic E-state index is -1.71. The number of carboxylic acids is 2. The number of allylic oxidation sites excluding steroid dienone is 1. The van der Waals surface area contributed by atoms with E-state index in [-0.39, 0.29) is 5.92 Å². The predicted molar refractivity (Wildman–Crippen MR) is 46.8 cm³/mol. The third-order valence-electron chi connectivity index (χ3n) is 2.99. The Bertz CT molecular complexity index is 422. The molecule has 15 heavy (non-hydrogen) atoms. The molecule has 1 saturated carbocycles. The number of hydrogen-bond donors (Lipinski definition) is 2. The summed E-state index contributed by atoms with van der Waals surface area (Å²) >= 11 is 0. The maximum atomic E-state index is 11.0. The zero-order valence-electron chi connectivity index (χ0n) is 7.44. The predicted octanol–water partition coefficient (Wildman–Crippen LogP) is 0.637. The van der Waals surface area contributed by atoms with E-state index >= 15 is 0 Å². The van der Waals surface area contributed by atoms with Crippen molar-refractivity contribution in [1.82, 2.24) is 0 Å². The van der Waals surface area contributed by atoms with E-state index in [0.717, 1.165) is 0 Å². The van der Waals surface area contributed by atoms with Gasteiger partial charge in [0.25, 0.3) is 0 Å². The van der Waals surface area contributed by atoms with Gasteiger partial charge in [0.2, 0.25) is 0 Å². The van der Waals surface area contributed by atoms with E-state index in [2.05, 4.69) is 10.0 Å². The molecule has 0 aromatic heterocycles. The molecule has 0 radical (unpaired) electrons. The summed E-state index contributed by atoms with van der Waals surface area (Å²) in [6.45, 7) is 0. The molecule has 0 spiro atoms. The van der Waals surface area contributed by atoms with Gasteiger partial charge in [-0.15, -0.1) is 0 Å². The normalized spacial score (nSPS) is 40.4. The highest BCUT2D eigenvalue weighted by Crippen LogP contribution is 2.60. The smallest absolute Gasteiger partial charge is 0.319 e. The van der Waals surface area contributed by atoms with Gasteiger partial charge in [0, 0.05) is 10.8 Å². The number of hydrogen-bond acceptors (Lipinski definition) is 3. The average molecular weight is 209 g/mol. The Morgan fingerprint density at radius 3 is 2.53 bits per heavy atom. The van der Waals surface area contributed by atoms with Gasteiger partial charge < -0.3 is 10.2 Å². The maximum Gasteiger partial charge on any atom is 0.319 e. The van der Waals surface area contributed by atoms with E-state index in [4.69, 9.17) is 15.7 Å². The van der Waals surface area contributed by atoms with Crippen LogP contribution in [0.4, 0.5) is 0 Å². The number of aliphatic carboxylic acids is 2. The van der Waals surface area contributed by atoms with Crippen LogP contribution in [0, 0.1) is 17.8 Å². The van der Waals surface area contributed by atoms with Gasteiger partial charge in [-0.05, 0) is 11.4 Å². The standard InChI is InChI=1S/C8H7N3O4/c9-11-10-8(7(14)15)2-1-3-4(5(3)8)6(12)13/h1-5H,(H,12,13)(H,14,15)/t3-,4-,5-,8+/m0/s1. The van der Waals surface area contributed by atoms with E-state index in [1.54, 1.807) is 0 Å². The van der Waals surface area contributed by atoms with Gasteiger partial charge in [0.15, 0.2) is 5.54 Å². The first-order valence-corrected chi connectivity index (χ1v) is 4.26. The molecule has 2 aliphatic carbocycles. The fourth-order valence-corrected chi connectivity index (χ4v) is 2.26. The van der Waals surface area contributed by atoms with Crippen LogP contribution in [0.15, 0.2) is 17.3 Å². The second-order valence-corrected chi connectivity index (χ2v) is 3.65. The van der Waals surface area contributed by atoms with Crippen LogP contribution in [0.3, 0.4) is 0 Å². The minimum Gasteiger partial charge on any atom is -0.481 e. The molecule has 7 nitrogen and oxygen atoms in total. The second-order valence-electron chi connectivity index (χ2n) is 3.65. The first-order valence-electron chi connectivity index (χ1n) is 4.26. The summed E-state index contributed by atoms with van der Waals surface area (Å²) in [4.78, 5) is 24.2. The van der Waals surface area contributed by atoms with Crippen LogP contribution in [0.2, 0.25) is 0 Å². The van der Waals surface area contributed by atoms with Crippen molar-refractivity contribution in [2.45, 2.75) is 5.54 Å². The van der Waals surface area contributed by atoms with Gasteiger partial charge >= 0.3 is 11.9 Å². The lowest BCUT2D eigenvalue weighted by Gasteiger charge is -2.17. The topological polar surface area (TPSA) is 123 Å². The lowest BCUT2D eigenvalue weighted by molar-refractivity contribution is -0.143. The molecule has 0 unspecified atom stereocenters. The van der Waals surface area contributed by atoms with E-state index in [0.29, 0.717) is 0 Å². The summed E-state index contributed by atoms with van der Waals surface area (Å²) in [7, 11) is 0. The minimum absolute atomic E-state index is 0.316. The molecule has 0 heterocycles. The highest BCUT2D eigenvalue weighted by atomic mass is 16.4. The zero-order chi connectivity index (χ0) is 11.2. The van der Waals surface area contributed by atoms with Crippen molar-refractivity contribution in [1.29, 1.82) is 0 Å². The molecule has 2 aliphatic rings. The van der Waals surface area contributed by atoms with Gasteiger partial charge in [-0.3, -0.25) is 9.59 Å². The van der Waals surface area contributed by atoms with Gasteiger partial charge in [0.1, 0.15) is 0 Å². The average Bonchev–Trinajstić information content (AvgIpc) is 2.78. The third kappa shape index (κ3) is 1.04. The van der Waals surface area contributed by atoms with E-state index in [9.17, 15) is 9.59 Å². The summed E-state index contributed by atoms with van der Waals surface area (Å²) in [5, 5.41) is 21.0. The van der Waals surface area contributed by atoms with Crippen molar-refractivity contribution in [3.63, 3.8) is 0 Å². The third-order valence-corrected chi connectivity index (χ3v) is 2.99. The van der Waals surface area contributed by atoms with Crippen LogP contribution in [-0.4, -0.2) is 27.7 Å². The van der Waals surface area contributed by atoms with Gasteiger partial charge in [-0.2, -0.15) is 0 Å². The van der Waals surface area contributed by atoms with E-state index in [1.807, 2.05) is 0 Å². The van der Waals surface area contributed by atoms with Crippen molar-refractivity contribution >= 4 is 11.9 Å². The number of carbonyl (C=O) groups is 2. The Hall–Kier alpha value is -2.01. The Labute approximate surface area is 83.6 Å². The Balaban J connectivity index is 2.38. The maximum absolute atomic E-state index is 11.0. The summed E-state index contributed by atoms with van der Waals surface area (Å²) in [5.74, 6) is -4.04. The summed E-state index contributed by atoms with van der Waals surface area (Å²) < 4.78 is 0. The summed E-state index contributed by atoms with van der Waals surface area (Å²) in [6.07, 6.45) is 2.79.